The van der Waals surface area contributed by atoms with E-state index in [0.717, 1.165) is 22.2 Å². The number of aliphatic hydroxyl groups is 1. The number of thiazole rings is 1. The Morgan fingerprint density at radius 1 is 1.42 bits per heavy atom. The van der Waals surface area contributed by atoms with E-state index in [2.05, 4.69) is 4.98 Å². The number of likely N-dealkylation sites (N-methyl/N-ethyl adjacent to an activating group) is 1. The maximum absolute atomic E-state index is 12.3. The summed E-state index contributed by atoms with van der Waals surface area (Å²) < 4.78 is 0. The fourth-order valence-electron chi connectivity index (χ4n) is 2.44. The van der Waals surface area contributed by atoms with Gasteiger partial charge in [0, 0.05) is 20.1 Å². The molecule has 2 heterocycles. The van der Waals surface area contributed by atoms with E-state index in [1.54, 1.807) is 11.8 Å². The quantitative estimate of drug-likeness (QED) is 0.895. The van der Waals surface area contributed by atoms with Gasteiger partial charge in [-0.05, 0) is 27.7 Å². The number of hydrogen-bond acceptors (Lipinski definition) is 5. The van der Waals surface area contributed by atoms with Gasteiger partial charge in [0.15, 0.2) is 5.13 Å². The summed E-state index contributed by atoms with van der Waals surface area (Å²) in [5.74, 6) is 0.102. The SMILES string of the molecule is Cc1nc(N2CCN(C)C(=O)C2(C)C)sc1C(C)O. The maximum Gasteiger partial charge on any atom is 0.247 e. The van der Waals surface area contributed by atoms with Crippen molar-refractivity contribution >= 4 is 22.4 Å². The van der Waals surface area contributed by atoms with Crippen LogP contribution in [0.3, 0.4) is 0 Å². The van der Waals surface area contributed by atoms with E-state index in [1.807, 2.05) is 32.7 Å². The second kappa shape index (κ2) is 4.76. The van der Waals surface area contributed by atoms with Gasteiger partial charge in [0.1, 0.15) is 5.54 Å². The largest absolute Gasteiger partial charge is 0.388 e. The van der Waals surface area contributed by atoms with Crippen LogP contribution in [0.1, 0.15) is 37.4 Å². The summed E-state index contributed by atoms with van der Waals surface area (Å²) in [6, 6.07) is 0. The highest BCUT2D eigenvalue weighted by atomic mass is 32.1. The predicted octanol–water partition coefficient (Wildman–Crippen LogP) is 1.56. The number of rotatable bonds is 2. The number of aryl methyl sites for hydroxylation is 1. The summed E-state index contributed by atoms with van der Waals surface area (Å²) in [6.45, 7) is 8.94. The Morgan fingerprint density at radius 2 is 2.05 bits per heavy atom. The molecule has 0 saturated carbocycles. The van der Waals surface area contributed by atoms with Crippen molar-refractivity contribution < 1.29 is 9.90 Å². The van der Waals surface area contributed by atoms with Crippen LogP contribution in [0.25, 0.3) is 0 Å². The van der Waals surface area contributed by atoms with E-state index in [9.17, 15) is 9.90 Å². The number of aromatic nitrogens is 1. The first kappa shape index (κ1) is 14.3. The number of anilines is 1. The molecule has 0 bridgehead atoms. The van der Waals surface area contributed by atoms with Crippen molar-refractivity contribution in [3.8, 4) is 0 Å². The minimum atomic E-state index is -0.590. The normalized spacial score (nSPS) is 20.8. The summed E-state index contributed by atoms with van der Waals surface area (Å²) in [4.78, 5) is 21.5. The molecule has 1 saturated heterocycles. The van der Waals surface area contributed by atoms with E-state index < -0.39 is 11.6 Å². The molecule has 1 aliphatic rings. The third-order valence-electron chi connectivity index (χ3n) is 3.64. The number of nitrogens with zero attached hydrogens (tertiary/aromatic N) is 3. The molecule has 0 aromatic carbocycles. The summed E-state index contributed by atoms with van der Waals surface area (Å²) in [5.41, 5.74) is 0.255. The van der Waals surface area contributed by atoms with E-state index in [0.29, 0.717) is 6.54 Å². The zero-order valence-corrected chi connectivity index (χ0v) is 12.9. The second-order valence-corrected chi connectivity index (χ2v) is 6.57. The standard InChI is InChI=1S/C13H21N3O2S/c1-8-10(9(2)17)19-12(14-8)16-7-6-15(5)11(18)13(16,3)4/h9,17H,6-7H2,1-5H3. The van der Waals surface area contributed by atoms with Crippen molar-refractivity contribution in [1.82, 2.24) is 9.88 Å². The van der Waals surface area contributed by atoms with Crippen molar-refractivity contribution in [2.24, 2.45) is 0 Å². The lowest BCUT2D eigenvalue weighted by molar-refractivity contribution is -0.136. The Balaban J connectivity index is 2.36. The van der Waals surface area contributed by atoms with Crippen LogP contribution in [0, 0.1) is 6.92 Å². The number of piperazine rings is 1. The van der Waals surface area contributed by atoms with Crippen LogP contribution in [-0.2, 0) is 4.79 Å². The van der Waals surface area contributed by atoms with Crippen LogP contribution in [0.4, 0.5) is 5.13 Å². The maximum atomic E-state index is 12.3. The van der Waals surface area contributed by atoms with Gasteiger partial charge in [-0.15, -0.1) is 0 Å². The molecule has 5 nitrogen and oxygen atoms in total. The summed E-state index contributed by atoms with van der Waals surface area (Å²) in [5, 5.41) is 10.5. The smallest absolute Gasteiger partial charge is 0.247 e. The van der Waals surface area contributed by atoms with E-state index in [4.69, 9.17) is 0 Å². The molecule has 1 unspecified atom stereocenters. The molecule has 1 fully saturated rings. The van der Waals surface area contributed by atoms with Crippen LogP contribution in [0.5, 0.6) is 0 Å². The van der Waals surface area contributed by atoms with Gasteiger partial charge in [0.05, 0.1) is 16.7 Å². The fourth-order valence-corrected chi connectivity index (χ4v) is 3.62. The average molecular weight is 283 g/mol. The zero-order valence-electron chi connectivity index (χ0n) is 12.1. The minimum Gasteiger partial charge on any atom is -0.388 e. The first-order valence-electron chi connectivity index (χ1n) is 6.43. The van der Waals surface area contributed by atoms with Crippen molar-refractivity contribution in [3.05, 3.63) is 10.6 Å². The molecule has 1 aliphatic heterocycles. The lowest BCUT2D eigenvalue weighted by Gasteiger charge is -2.44. The first-order valence-corrected chi connectivity index (χ1v) is 7.25. The highest BCUT2D eigenvalue weighted by Gasteiger charge is 2.42. The zero-order chi connectivity index (χ0) is 14.4. The molecular formula is C13H21N3O2S. The Kier molecular flexibility index (Phi) is 3.57. The molecule has 0 aliphatic carbocycles. The van der Waals surface area contributed by atoms with Crippen LogP contribution in [0.15, 0.2) is 0 Å². The molecular weight excluding hydrogens is 262 g/mol. The Labute approximate surface area is 117 Å². The number of hydrogen-bond donors (Lipinski definition) is 1. The fraction of sp³-hybridized carbons (Fsp3) is 0.692. The Morgan fingerprint density at radius 3 is 2.58 bits per heavy atom. The van der Waals surface area contributed by atoms with E-state index >= 15 is 0 Å². The molecule has 6 heteroatoms. The summed E-state index contributed by atoms with van der Waals surface area (Å²) in [6.07, 6.45) is -0.516. The highest BCUT2D eigenvalue weighted by molar-refractivity contribution is 7.15. The van der Waals surface area contributed by atoms with Gasteiger partial charge < -0.3 is 14.9 Å². The van der Waals surface area contributed by atoms with Gasteiger partial charge in [0.2, 0.25) is 5.91 Å². The van der Waals surface area contributed by atoms with Crippen LogP contribution < -0.4 is 4.90 Å². The molecule has 1 amide bonds. The molecule has 1 aromatic rings. The molecule has 1 aromatic heterocycles. The monoisotopic (exact) mass is 283 g/mol. The molecule has 1 N–H and O–H groups in total. The average Bonchev–Trinajstić information content (AvgIpc) is 2.68. The van der Waals surface area contributed by atoms with Crippen LogP contribution in [-0.4, -0.2) is 46.6 Å². The number of aliphatic hydroxyl groups excluding tert-OH is 1. The highest BCUT2D eigenvalue weighted by Crippen LogP contribution is 2.35. The van der Waals surface area contributed by atoms with Crippen LogP contribution >= 0.6 is 11.3 Å². The van der Waals surface area contributed by atoms with Gasteiger partial charge in [-0.3, -0.25) is 4.79 Å². The topological polar surface area (TPSA) is 56.7 Å². The first-order chi connectivity index (χ1) is 8.75. The van der Waals surface area contributed by atoms with Gasteiger partial charge in [-0.2, -0.15) is 0 Å². The third-order valence-corrected chi connectivity index (χ3v) is 4.99. The van der Waals surface area contributed by atoms with Gasteiger partial charge in [-0.1, -0.05) is 11.3 Å². The number of carbonyl (C=O) groups is 1. The molecule has 19 heavy (non-hydrogen) atoms. The number of amides is 1. The van der Waals surface area contributed by atoms with Crippen molar-refractivity contribution in [2.75, 3.05) is 25.0 Å². The summed E-state index contributed by atoms with van der Waals surface area (Å²) >= 11 is 1.47. The van der Waals surface area contributed by atoms with Gasteiger partial charge in [0.25, 0.3) is 0 Å². The van der Waals surface area contributed by atoms with Gasteiger partial charge in [-0.25, -0.2) is 4.98 Å². The minimum absolute atomic E-state index is 0.102. The summed E-state index contributed by atoms with van der Waals surface area (Å²) in [7, 11) is 1.83. The molecule has 0 radical (unpaired) electrons. The van der Waals surface area contributed by atoms with Crippen molar-refractivity contribution in [3.63, 3.8) is 0 Å². The van der Waals surface area contributed by atoms with Crippen LogP contribution in [0.2, 0.25) is 0 Å². The van der Waals surface area contributed by atoms with E-state index in [-0.39, 0.29) is 5.91 Å². The Hall–Kier alpha value is -1.14. The van der Waals surface area contributed by atoms with Crippen molar-refractivity contribution in [2.45, 2.75) is 39.3 Å². The van der Waals surface area contributed by atoms with Gasteiger partial charge >= 0.3 is 0 Å². The molecule has 106 valence electrons. The number of carbonyl (C=O) groups excluding carboxylic acids is 1. The van der Waals surface area contributed by atoms with Crippen molar-refractivity contribution in [1.29, 1.82) is 0 Å². The third kappa shape index (κ3) is 2.34. The predicted molar refractivity (Wildman–Crippen MR) is 76.5 cm³/mol. The van der Waals surface area contributed by atoms with E-state index in [1.165, 1.54) is 11.3 Å². The molecule has 2 rings (SSSR count). The second-order valence-electron chi connectivity index (χ2n) is 5.56. The lowest BCUT2D eigenvalue weighted by atomic mass is 9.99. The lowest BCUT2D eigenvalue weighted by Crippen LogP contribution is -2.62. The molecule has 0 spiro atoms. The molecule has 1 atom stereocenters. The Bertz CT molecular complexity index is 496.